The Morgan fingerprint density at radius 2 is 1.96 bits per heavy atom. The molecular weight excluding hydrogens is 323 g/mol. The lowest BCUT2D eigenvalue weighted by Gasteiger charge is -2.42. The first-order valence-corrected chi connectivity index (χ1v) is 9.00. The first kappa shape index (κ1) is 17.9. The number of hydrogen-bond donors (Lipinski definition) is 1. The topological polar surface area (TPSA) is 60.9 Å². The summed E-state index contributed by atoms with van der Waals surface area (Å²) in [7, 11) is 0. The first-order chi connectivity index (χ1) is 12.0. The summed E-state index contributed by atoms with van der Waals surface area (Å²) in [6.07, 6.45) is 5.56. The van der Waals surface area contributed by atoms with Gasteiger partial charge in [-0.15, -0.1) is 0 Å². The van der Waals surface area contributed by atoms with Crippen LogP contribution in [0, 0.1) is 12.7 Å². The van der Waals surface area contributed by atoms with Crippen molar-refractivity contribution in [3.63, 3.8) is 0 Å². The molecule has 1 atom stereocenters. The Morgan fingerprint density at radius 1 is 1.24 bits per heavy atom. The molecule has 1 aromatic rings. The number of carboxylic acid groups (broad SMARTS) is 1. The summed E-state index contributed by atoms with van der Waals surface area (Å²) < 4.78 is 14.4. The fraction of sp³-hybridized carbons (Fsp3) is 0.579. The molecule has 1 saturated heterocycles. The van der Waals surface area contributed by atoms with Gasteiger partial charge in [-0.25, -0.2) is 4.39 Å². The predicted octanol–water partition coefficient (Wildman–Crippen LogP) is 2.74. The molecular formula is C19H25FN2O3. The molecule has 1 aliphatic carbocycles. The van der Waals surface area contributed by atoms with Gasteiger partial charge in [-0.05, 0) is 25.3 Å². The molecule has 1 aromatic carbocycles. The highest BCUT2D eigenvalue weighted by Gasteiger charge is 2.37. The van der Waals surface area contributed by atoms with Gasteiger partial charge >= 0.3 is 5.97 Å². The molecule has 0 bridgehead atoms. The van der Waals surface area contributed by atoms with Crippen LogP contribution < -0.4 is 0 Å². The van der Waals surface area contributed by atoms with E-state index in [0.717, 1.165) is 25.7 Å². The Bertz CT molecular complexity index is 658. The van der Waals surface area contributed by atoms with Crippen LogP contribution in [-0.2, 0) is 9.59 Å². The molecule has 6 heteroatoms. The van der Waals surface area contributed by atoms with Crippen LogP contribution in [0.15, 0.2) is 18.2 Å². The van der Waals surface area contributed by atoms with Crippen molar-refractivity contribution in [1.82, 2.24) is 9.80 Å². The number of carbonyl (C=O) groups is 2. The number of halogens is 1. The van der Waals surface area contributed by atoms with Gasteiger partial charge in [-0.3, -0.25) is 14.5 Å². The maximum Gasteiger partial charge on any atom is 0.325 e. The van der Waals surface area contributed by atoms with E-state index in [9.17, 15) is 19.1 Å². The Kier molecular flexibility index (Phi) is 5.37. The van der Waals surface area contributed by atoms with E-state index in [4.69, 9.17) is 0 Å². The van der Waals surface area contributed by atoms with Crippen LogP contribution in [0.5, 0.6) is 0 Å². The van der Waals surface area contributed by atoms with Crippen LogP contribution >= 0.6 is 0 Å². The highest BCUT2D eigenvalue weighted by molar-refractivity contribution is 5.82. The number of benzene rings is 1. The average molecular weight is 348 g/mol. The number of piperazine rings is 1. The van der Waals surface area contributed by atoms with Gasteiger partial charge in [0.05, 0.1) is 6.54 Å². The molecule has 0 spiro atoms. The van der Waals surface area contributed by atoms with Crippen molar-refractivity contribution in [3.05, 3.63) is 35.1 Å². The normalized spacial score (nSPS) is 21.4. The molecule has 3 rings (SSSR count). The zero-order valence-corrected chi connectivity index (χ0v) is 14.6. The molecule has 25 heavy (non-hydrogen) atoms. The molecule has 2 aliphatic rings. The number of carbonyl (C=O) groups excluding carboxylic acids is 1. The van der Waals surface area contributed by atoms with E-state index >= 15 is 0 Å². The summed E-state index contributed by atoms with van der Waals surface area (Å²) in [5, 5.41) is 9.66. The van der Waals surface area contributed by atoms with Crippen LogP contribution in [0.1, 0.15) is 49.3 Å². The minimum Gasteiger partial charge on any atom is -0.480 e. The molecule has 1 amide bonds. The number of hydrogen-bond acceptors (Lipinski definition) is 3. The maximum absolute atomic E-state index is 14.4. The molecule has 1 heterocycles. The highest BCUT2D eigenvalue weighted by atomic mass is 19.1. The monoisotopic (exact) mass is 348 g/mol. The number of aryl methyl sites for hydroxylation is 1. The van der Waals surface area contributed by atoms with Crippen LogP contribution in [0.3, 0.4) is 0 Å². The maximum atomic E-state index is 14.4. The Labute approximate surface area is 147 Å². The van der Waals surface area contributed by atoms with E-state index in [0.29, 0.717) is 18.7 Å². The van der Waals surface area contributed by atoms with Gasteiger partial charge in [0.1, 0.15) is 11.9 Å². The van der Waals surface area contributed by atoms with E-state index in [1.807, 2.05) is 4.90 Å². The second-order valence-corrected chi connectivity index (χ2v) is 7.07. The molecule has 136 valence electrons. The van der Waals surface area contributed by atoms with Crippen LogP contribution in [-0.4, -0.2) is 52.5 Å². The van der Waals surface area contributed by atoms with E-state index in [1.165, 1.54) is 12.5 Å². The number of carboxylic acids is 1. The van der Waals surface area contributed by atoms with Crippen LogP contribution in [0.25, 0.3) is 0 Å². The zero-order valence-electron chi connectivity index (χ0n) is 14.6. The fourth-order valence-electron chi connectivity index (χ4n) is 4.07. The van der Waals surface area contributed by atoms with Crippen LogP contribution in [0.4, 0.5) is 4.39 Å². The third kappa shape index (κ3) is 3.68. The minimum absolute atomic E-state index is 0.0286. The van der Waals surface area contributed by atoms with Crippen molar-refractivity contribution < 1.29 is 19.1 Å². The lowest BCUT2D eigenvalue weighted by atomic mass is 9.93. The van der Waals surface area contributed by atoms with Crippen molar-refractivity contribution in [1.29, 1.82) is 0 Å². The Balaban J connectivity index is 1.77. The van der Waals surface area contributed by atoms with Crippen molar-refractivity contribution in [2.75, 3.05) is 19.6 Å². The molecule has 1 N–H and O–H groups in total. The molecule has 1 saturated carbocycles. The van der Waals surface area contributed by atoms with Gasteiger partial charge in [-0.2, -0.15) is 0 Å². The first-order valence-electron chi connectivity index (χ1n) is 9.00. The lowest BCUT2D eigenvalue weighted by Crippen LogP contribution is -2.56. The molecule has 1 aliphatic heterocycles. The van der Waals surface area contributed by atoms with Gasteiger partial charge in [0.2, 0.25) is 5.91 Å². The highest BCUT2D eigenvalue weighted by Crippen LogP contribution is 2.29. The van der Waals surface area contributed by atoms with Gasteiger partial charge in [0.25, 0.3) is 0 Å². The summed E-state index contributed by atoms with van der Waals surface area (Å²) in [5.41, 5.74) is 0.544. The molecule has 2 fully saturated rings. The number of nitrogens with zero attached hydrogens (tertiary/aromatic N) is 2. The Hall–Kier alpha value is -1.95. The SMILES string of the molecule is Cc1cccc(C(C(=O)O)N2CCN(C3CCCCC3)C(=O)C2)c1F. The van der Waals surface area contributed by atoms with E-state index in [2.05, 4.69) is 0 Å². The van der Waals surface area contributed by atoms with Gasteiger partial charge in [-0.1, -0.05) is 37.5 Å². The largest absolute Gasteiger partial charge is 0.480 e. The third-order valence-corrected chi connectivity index (χ3v) is 5.42. The fourth-order valence-corrected chi connectivity index (χ4v) is 4.07. The average Bonchev–Trinajstić information content (AvgIpc) is 2.59. The van der Waals surface area contributed by atoms with Crippen molar-refractivity contribution >= 4 is 11.9 Å². The minimum atomic E-state index is -1.13. The summed E-state index contributed by atoms with van der Waals surface area (Å²) in [6.45, 7) is 2.61. The molecule has 5 nitrogen and oxygen atoms in total. The Morgan fingerprint density at radius 3 is 2.60 bits per heavy atom. The van der Waals surface area contributed by atoms with Crippen molar-refractivity contribution in [3.8, 4) is 0 Å². The van der Waals surface area contributed by atoms with Crippen LogP contribution in [0.2, 0.25) is 0 Å². The lowest BCUT2D eigenvalue weighted by molar-refractivity contribution is -0.149. The van der Waals surface area contributed by atoms with Gasteiger partial charge in [0.15, 0.2) is 0 Å². The summed E-state index contributed by atoms with van der Waals surface area (Å²) in [4.78, 5) is 27.9. The molecule has 0 aromatic heterocycles. The second kappa shape index (κ2) is 7.52. The predicted molar refractivity (Wildman–Crippen MR) is 91.7 cm³/mol. The number of aliphatic carboxylic acids is 1. The molecule has 0 radical (unpaired) electrons. The zero-order chi connectivity index (χ0) is 18.0. The van der Waals surface area contributed by atoms with Gasteiger partial charge in [0, 0.05) is 24.7 Å². The molecule has 1 unspecified atom stereocenters. The van der Waals surface area contributed by atoms with Crippen molar-refractivity contribution in [2.45, 2.75) is 51.1 Å². The van der Waals surface area contributed by atoms with Gasteiger partial charge < -0.3 is 10.0 Å². The van der Waals surface area contributed by atoms with E-state index < -0.39 is 17.8 Å². The summed E-state index contributed by atoms with van der Waals surface area (Å²) >= 11 is 0. The van der Waals surface area contributed by atoms with E-state index in [1.54, 1.807) is 24.0 Å². The summed E-state index contributed by atoms with van der Waals surface area (Å²) in [5.74, 6) is -1.67. The third-order valence-electron chi connectivity index (χ3n) is 5.42. The summed E-state index contributed by atoms with van der Waals surface area (Å²) in [6, 6.07) is 3.92. The standard InChI is InChI=1S/C19H25FN2O3/c1-13-6-5-9-15(17(13)20)18(19(24)25)21-10-11-22(16(23)12-21)14-7-3-2-4-8-14/h5-6,9,14,18H,2-4,7-8,10-12H2,1H3,(H,24,25). The number of amides is 1. The van der Waals surface area contributed by atoms with E-state index in [-0.39, 0.29) is 24.1 Å². The smallest absolute Gasteiger partial charge is 0.325 e. The second-order valence-electron chi connectivity index (χ2n) is 7.07. The quantitative estimate of drug-likeness (QED) is 0.909. The number of rotatable bonds is 4. The van der Waals surface area contributed by atoms with Crippen molar-refractivity contribution in [2.24, 2.45) is 0 Å².